The molecule has 1 unspecified atom stereocenters. The Balaban J connectivity index is 1.89. The van der Waals surface area contributed by atoms with E-state index in [9.17, 15) is 4.79 Å². The van der Waals surface area contributed by atoms with Crippen LogP contribution in [-0.4, -0.2) is 37.4 Å². The van der Waals surface area contributed by atoms with Gasteiger partial charge in [0.1, 0.15) is 5.54 Å². The molecule has 0 bridgehead atoms. The first-order chi connectivity index (χ1) is 8.27. The summed E-state index contributed by atoms with van der Waals surface area (Å²) in [4.78, 5) is 12.0. The highest BCUT2D eigenvalue weighted by molar-refractivity contribution is 5.81. The third-order valence-corrected chi connectivity index (χ3v) is 3.82. The smallest absolute Gasteiger partial charge is 0.326 e. The van der Waals surface area contributed by atoms with Crippen molar-refractivity contribution in [2.75, 3.05) is 19.8 Å². The van der Waals surface area contributed by atoms with Crippen LogP contribution in [0.4, 0.5) is 0 Å². The zero-order chi connectivity index (χ0) is 12.1. The second kappa shape index (κ2) is 5.83. The van der Waals surface area contributed by atoms with E-state index in [1.54, 1.807) is 0 Å². The zero-order valence-corrected chi connectivity index (χ0v) is 10.7. The summed E-state index contributed by atoms with van der Waals surface area (Å²) in [7, 11) is 0. The summed E-state index contributed by atoms with van der Waals surface area (Å²) < 4.78 is 10.8. The van der Waals surface area contributed by atoms with Gasteiger partial charge in [0.25, 0.3) is 0 Å². The highest BCUT2D eigenvalue weighted by atomic mass is 16.5. The normalized spacial score (nSPS) is 27.2. The number of carbonyl (C=O) groups is 1. The van der Waals surface area contributed by atoms with Crippen molar-refractivity contribution >= 4 is 5.97 Å². The van der Waals surface area contributed by atoms with Gasteiger partial charge in [0.05, 0.1) is 12.7 Å². The molecule has 17 heavy (non-hydrogen) atoms. The van der Waals surface area contributed by atoms with Crippen LogP contribution in [0, 0.1) is 0 Å². The number of carbonyl (C=O) groups excluding carboxylic acids is 1. The SMILES string of the molecule is CCOC(=O)C1(NCC2CCCO2)CCCC1. The van der Waals surface area contributed by atoms with E-state index in [4.69, 9.17) is 9.47 Å². The van der Waals surface area contributed by atoms with Gasteiger partial charge in [-0.2, -0.15) is 0 Å². The lowest BCUT2D eigenvalue weighted by molar-refractivity contribution is -0.151. The zero-order valence-electron chi connectivity index (χ0n) is 10.7. The topological polar surface area (TPSA) is 47.6 Å². The third kappa shape index (κ3) is 2.99. The molecule has 0 amide bonds. The van der Waals surface area contributed by atoms with Crippen LogP contribution in [-0.2, 0) is 14.3 Å². The summed E-state index contributed by atoms with van der Waals surface area (Å²) in [5, 5.41) is 3.42. The van der Waals surface area contributed by atoms with Gasteiger partial charge in [-0.15, -0.1) is 0 Å². The van der Waals surface area contributed by atoms with E-state index in [0.29, 0.717) is 6.61 Å². The summed E-state index contributed by atoms with van der Waals surface area (Å²) >= 11 is 0. The standard InChI is InChI=1S/C13H23NO3/c1-2-16-12(15)13(7-3-4-8-13)14-10-11-6-5-9-17-11/h11,14H,2-10H2,1H3. The van der Waals surface area contributed by atoms with Crippen LogP contribution in [0.5, 0.6) is 0 Å². The maximum atomic E-state index is 12.0. The van der Waals surface area contributed by atoms with Crippen molar-refractivity contribution in [3.8, 4) is 0 Å². The van der Waals surface area contributed by atoms with Crippen molar-refractivity contribution in [3.05, 3.63) is 0 Å². The summed E-state index contributed by atoms with van der Waals surface area (Å²) in [5.41, 5.74) is -0.429. The molecule has 98 valence electrons. The number of esters is 1. The van der Waals surface area contributed by atoms with Crippen molar-refractivity contribution in [2.24, 2.45) is 0 Å². The minimum Gasteiger partial charge on any atom is -0.465 e. The molecule has 4 heteroatoms. The number of hydrogen-bond acceptors (Lipinski definition) is 4. The summed E-state index contributed by atoms with van der Waals surface area (Å²) in [6, 6.07) is 0. The van der Waals surface area contributed by atoms with E-state index in [-0.39, 0.29) is 12.1 Å². The minimum absolute atomic E-state index is 0.0736. The fraction of sp³-hybridized carbons (Fsp3) is 0.923. The van der Waals surface area contributed by atoms with Crippen molar-refractivity contribution in [3.63, 3.8) is 0 Å². The maximum absolute atomic E-state index is 12.0. The second-order valence-corrected chi connectivity index (χ2v) is 5.03. The molecule has 2 aliphatic rings. The van der Waals surface area contributed by atoms with E-state index < -0.39 is 5.54 Å². The summed E-state index contributed by atoms with van der Waals surface area (Å²) in [6.45, 7) is 3.96. The van der Waals surface area contributed by atoms with Crippen LogP contribution in [0.2, 0.25) is 0 Å². The molecule has 0 aromatic carbocycles. The molecule has 1 aliphatic carbocycles. The van der Waals surface area contributed by atoms with Crippen LogP contribution in [0.25, 0.3) is 0 Å². The molecule has 1 N–H and O–H groups in total. The lowest BCUT2D eigenvalue weighted by Crippen LogP contribution is -2.53. The van der Waals surface area contributed by atoms with Gasteiger partial charge in [0.15, 0.2) is 0 Å². The quantitative estimate of drug-likeness (QED) is 0.743. The van der Waals surface area contributed by atoms with Crippen LogP contribution in [0.3, 0.4) is 0 Å². The molecule has 1 saturated heterocycles. The Bertz CT molecular complexity index is 255. The molecule has 1 heterocycles. The van der Waals surface area contributed by atoms with Crippen LogP contribution < -0.4 is 5.32 Å². The molecule has 1 aliphatic heterocycles. The van der Waals surface area contributed by atoms with Gasteiger partial charge in [-0.25, -0.2) is 0 Å². The number of rotatable bonds is 5. The van der Waals surface area contributed by atoms with Crippen molar-refractivity contribution < 1.29 is 14.3 Å². The second-order valence-electron chi connectivity index (χ2n) is 5.03. The fourth-order valence-corrected chi connectivity index (χ4v) is 2.82. The number of nitrogens with one attached hydrogen (secondary N) is 1. The number of ether oxygens (including phenoxy) is 2. The Morgan fingerprint density at radius 1 is 1.41 bits per heavy atom. The van der Waals surface area contributed by atoms with Crippen molar-refractivity contribution in [1.29, 1.82) is 0 Å². The lowest BCUT2D eigenvalue weighted by atomic mass is 9.97. The van der Waals surface area contributed by atoms with Gasteiger partial charge in [-0.3, -0.25) is 10.1 Å². The third-order valence-electron chi connectivity index (χ3n) is 3.82. The predicted octanol–water partition coefficient (Wildman–Crippen LogP) is 1.63. The highest BCUT2D eigenvalue weighted by Gasteiger charge is 2.42. The van der Waals surface area contributed by atoms with Crippen molar-refractivity contribution in [2.45, 2.75) is 57.1 Å². The van der Waals surface area contributed by atoms with Gasteiger partial charge >= 0.3 is 5.97 Å². The molecule has 4 nitrogen and oxygen atoms in total. The highest BCUT2D eigenvalue weighted by Crippen LogP contribution is 2.31. The molecular formula is C13H23NO3. The van der Waals surface area contributed by atoms with Crippen molar-refractivity contribution in [1.82, 2.24) is 5.32 Å². The minimum atomic E-state index is -0.429. The maximum Gasteiger partial charge on any atom is 0.326 e. The van der Waals surface area contributed by atoms with E-state index in [1.165, 1.54) is 0 Å². The lowest BCUT2D eigenvalue weighted by Gasteiger charge is -2.29. The molecule has 1 saturated carbocycles. The molecular weight excluding hydrogens is 218 g/mol. The van der Waals surface area contributed by atoms with Gasteiger partial charge in [0.2, 0.25) is 0 Å². The molecule has 1 atom stereocenters. The van der Waals surface area contributed by atoms with E-state index in [0.717, 1.165) is 51.7 Å². The van der Waals surface area contributed by atoms with Crippen LogP contribution >= 0.6 is 0 Å². The Morgan fingerprint density at radius 2 is 2.18 bits per heavy atom. The van der Waals surface area contributed by atoms with E-state index >= 15 is 0 Å². The van der Waals surface area contributed by atoms with Gasteiger partial charge in [0, 0.05) is 13.2 Å². The molecule has 0 aromatic heterocycles. The molecule has 0 aromatic rings. The van der Waals surface area contributed by atoms with Gasteiger partial charge < -0.3 is 9.47 Å². The molecule has 2 fully saturated rings. The Morgan fingerprint density at radius 3 is 2.76 bits per heavy atom. The predicted molar refractivity (Wildman–Crippen MR) is 64.8 cm³/mol. The first-order valence-electron chi connectivity index (χ1n) is 6.81. The number of hydrogen-bond donors (Lipinski definition) is 1. The Labute approximate surface area is 103 Å². The first-order valence-corrected chi connectivity index (χ1v) is 6.81. The molecule has 2 rings (SSSR count). The van der Waals surface area contributed by atoms with Crippen LogP contribution in [0.15, 0.2) is 0 Å². The fourth-order valence-electron chi connectivity index (χ4n) is 2.82. The monoisotopic (exact) mass is 241 g/mol. The Kier molecular flexibility index (Phi) is 4.40. The average Bonchev–Trinajstić information content (AvgIpc) is 2.99. The summed E-state index contributed by atoms with van der Waals surface area (Å²) in [6.07, 6.45) is 6.54. The summed E-state index contributed by atoms with van der Waals surface area (Å²) in [5.74, 6) is -0.0736. The van der Waals surface area contributed by atoms with Gasteiger partial charge in [-0.1, -0.05) is 12.8 Å². The molecule has 0 radical (unpaired) electrons. The van der Waals surface area contributed by atoms with Crippen LogP contribution in [0.1, 0.15) is 45.4 Å². The first kappa shape index (κ1) is 12.8. The largest absolute Gasteiger partial charge is 0.465 e. The Hall–Kier alpha value is -0.610. The molecule has 0 spiro atoms. The van der Waals surface area contributed by atoms with Gasteiger partial charge in [-0.05, 0) is 32.6 Å². The van der Waals surface area contributed by atoms with E-state index in [1.807, 2.05) is 6.92 Å². The average molecular weight is 241 g/mol. The van der Waals surface area contributed by atoms with E-state index in [2.05, 4.69) is 5.32 Å².